The molecule has 9 heteroatoms. The summed E-state index contributed by atoms with van der Waals surface area (Å²) in [5.74, 6) is 0. The molecule has 0 saturated carbocycles. The van der Waals surface area contributed by atoms with Crippen LogP contribution in [0.3, 0.4) is 0 Å². The lowest BCUT2D eigenvalue weighted by atomic mass is 9.73. The summed E-state index contributed by atoms with van der Waals surface area (Å²) < 4.78 is 44.9. The van der Waals surface area contributed by atoms with Crippen molar-refractivity contribution < 1.29 is 27.6 Å². The van der Waals surface area contributed by atoms with E-state index in [1.165, 1.54) is 4.90 Å². The van der Waals surface area contributed by atoms with Gasteiger partial charge in [0.25, 0.3) is 0 Å². The molecule has 0 aliphatic carbocycles. The van der Waals surface area contributed by atoms with Crippen LogP contribution in [0.1, 0.15) is 72.9 Å². The molecule has 32 heavy (non-hydrogen) atoms. The molecule has 0 spiro atoms. The van der Waals surface area contributed by atoms with Crippen molar-refractivity contribution in [3.8, 4) is 6.07 Å². The maximum atomic E-state index is 13.6. The fourth-order valence-corrected chi connectivity index (χ4v) is 4.11. The van der Waals surface area contributed by atoms with Crippen LogP contribution < -0.4 is 10.4 Å². The van der Waals surface area contributed by atoms with Crippen molar-refractivity contribution in [1.82, 2.24) is 0 Å². The monoisotopic (exact) mass is 448 g/mol. The summed E-state index contributed by atoms with van der Waals surface area (Å²) in [6.07, 6.45) is -3.72. The maximum Gasteiger partial charge on any atom is 0.494 e. The Morgan fingerprint density at radius 1 is 1.22 bits per heavy atom. The van der Waals surface area contributed by atoms with Gasteiger partial charge in [0.2, 0.25) is 6.43 Å². The van der Waals surface area contributed by atoms with Gasteiger partial charge in [-0.2, -0.15) is 5.26 Å². The zero-order valence-electron chi connectivity index (χ0n) is 20.0. The number of ether oxygens (including phenoxy) is 1. The van der Waals surface area contributed by atoms with Crippen molar-refractivity contribution in [2.24, 2.45) is 0 Å². The lowest BCUT2D eigenvalue weighted by molar-refractivity contribution is 0.00578. The number of nitriles is 1. The van der Waals surface area contributed by atoms with Gasteiger partial charge in [0.05, 0.1) is 22.5 Å². The average molecular weight is 448 g/mol. The van der Waals surface area contributed by atoms with E-state index in [9.17, 15) is 18.8 Å². The van der Waals surface area contributed by atoms with E-state index in [1.54, 1.807) is 39.8 Å². The summed E-state index contributed by atoms with van der Waals surface area (Å²) in [6, 6.07) is 5.45. The number of alkyl halides is 2. The SMILES string of the molecule is CC(C)(C)OC(=O)N1CC(C)(CC(F)F)c2cc(B3OC(C)(C)C(C)(C)O3)cc(C#N)c21. The van der Waals surface area contributed by atoms with E-state index in [4.69, 9.17) is 14.0 Å². The summed E-state index contributed by atoms with van der Waals surface area (Å²) in [5.41, 5.74) is -1.48. The molecule has 1 unspecified atom stereocenters. The van der Waals surface area contributed by atoms with E-state index in [0.717, 1.165) is 0 Å². The molecule has 0 bridgehead atoms. The van der Waals surface area contributed by atoms with Gasteiger partial charge < -0.3 is 14.0 Å². The largest absolute Gasteiger partial charge is 0.494 e. The Morgan fingerprint density at radius 3 is 2.25 bits per heavy atom. The molecule has 1 atom stereocenters. The maximum absolute atomic E-state index is 13.6. The summed E-state index contributed by atoms with van der Waals surface area (Å²) in [6.45, 7) is 14.5. The quantitative estimate of drug-likeness (QED) is 0.636. The van der Waals surface area contributed by atoms with Crippen LogP contribution in [0.5, 0.6) is 0 Å². The number of nitrogens with zero attached hydrogens (tertiary/aromatic N) is 2. The predicted octanol–water partition coefficient (Wildman–Crippen LogP) is 4.53. The second kappa shape index (κ2) is 7.70. The molecule has 2 aliphatic heterocycles. The number of halogens is 2. The lowest BCUT2D eigenvalue weighted by Gasteiger charge is -2.32. The fraction of sp³-hybridized carbons (Fsp3) is 0.652. The molecule has 174 valence electrons. The van der Waals surface area contributed by atoms with Crippen LogP contribution in [0.4, 0.5) is 19.3 Å². The highest BCUT2D eigenvalue weighted by molar-refractivity contribution is 6.62. The highest BCUT2D eigenvalue weighted by Gasteiger charge is 2.53. The number of rotatable bonds is 3. The van der Waals surface area contributed by atoms with E-state index >= 15 is 0 Å². The minimum absolute atomic E-state index is 0.0108. The minimum Gasteiger partial charge on any atom is -0.443 e. The van der Waals surface area contributed by atoms with E-state index in [1.807, 2.05) is 27.7 Å². The Kier molecular flexibility index (Phi) is 5.89. The number of benzene rings is 1. The Hall–Kier alpha value is -2.18. The second-order valence-corrected chi connectivity index (χ2v) is 10.9. The van der Waals surface area contributed by atoms with Crippen LogP contribution in [-0.4, -0.2) is 43.0 Å². The summed E-state index contributed by atoms with van der Waals surface area (Å²) in [5, 5.41) is 9.90. The van der Waals surface area contributed by atoms with Gasteiger partial charge in [0, 0.05) is 18.4 Å². The Bertz CT molecular complexity index is 952. The molecule has 6 nitrogen and oxygen atoms in total. The number of carbonyl (C=O) groups is 1. The Morgan fingerprint density at radius 2 is 1.78 bits per heavy atom. The fourth-order valence-electron chi connectivity index (χ4n) is 4.11. The third kappa shape index (κ3) is 4.35. The molecule has 1 aromatic carbocycles. The zero-order valence-corrected chi connectivity index (χ0v) is 20.0. The van der Waals surface area contributed by atoms with Crippen LogP contribution in [0.15, 0.2) is 12.1 Å². The van der Waals surface area contributed by atoms with Gasteiger partial charge in [0.1, 0.15) is 11.7 Å². The van der Waals surface area contributed by atoms with Crippen molar-refractivity contribution in [2.75, 3.05) is 11.4 Å². The molecule has 1 saturated heterocycles. The molecular weight excluding hydrogens is 417 g/mol. The van der Waals surface area contributed by atoms with Gasteiger partial charge in [-0.3, -0.25) is 4.90 Å². The zero-order chi connectivity index (χ0) is 24.3. The third-order valence-electron chi connectivity index (χ3n) is 6.42. The van der Waals surface area contributed by atoms with E-state index in [0.29, 0.717) is 16.7 Å². The smallest absolute Gasteiger partial charge is 0.443 e. The average Bonchev–Trinajstić information content (AvgIpc) is 3.02. The van der Waals surface area contributed by atoms with Crippen LogP contribution in [0.25, 0.3) is 0 Å². The molecular formula is C23H31BF2N2O4. The molecule has 1 fully saturated rings. The van der Waals surface area contributed by atoms with Gasteiger partial charge in [-0.05, 0) is 65.6 Å². The number of hydrogen-bond donors (Lipinski definition) is 0. The van der Waals surface area contributed by atoms with Gasteiger partial charge in [-0.1, -0.05) is 13.0 Å². The predicted molar refractivity (Wildman–Crippen MR) is 118 cm³/mol. The van der Waals surface area contributed by atoms with Gasteiger partial charge in [-0.15, -0.1) is 0 Å². The number of hydrogen-bond acceptors (Lipinski definition) is 5. The topological polar surface area (TPSA) is 71.8 Å². The molecule has 0 radical (unpaired) electrons. The van der Waals surface area contributed by atoms with E-state index in [-0.39, 0.29) is 12.1 Å². The number of anilines is 1. The molecule has 3 rings (SSSR count). The highest BCUT2D eigenvalue weighted by atomic mass is 19.3. The van der Waals surface area contributed by atoms with Crippen LogP contribution in [0.2, 0.25) is 0 Å². The molecule has 1 amide bonds. The first-order valence-electron chi connectivity index (χ1n) is 10.7. The third-order valence-corrected chi connectivity index (χ3v) is 6.42. The Labute approximate surface area is 189 Å². The highest BCUT2D eigenvalue weighted by Crippen LogP contribution is 2.46. The van der Waals surface area contributed by atoms with Crippen molar-refractivity contribution in [3.63, 3.8) is 0 Å². The van der Waals surface area contributed by atoms with Crippen molar-refractivity contribution in [2.45, 2.75) is 90.5 Å². The lowest BCUT2D eigenvalue weighted by Crippen LogP contribution is -2.41. The first-order valence-corrected chi connectivity index (χ1v) is 10.7. The minimum atomic E-state index is -2.59. The normalized spacial score (nSPS) is 23.9. The molecule has 0 aromatic heterocycles. The first kappa shape index (κ1) is 24.5. The number of carbonyl (C=O) groups excluding carboxylic acids is 1. The summed E-state index contributed by atoms with van der Waals surface area (Å²) >= 11 is 0. The molecule has 2 aliphatic rings. The van der Waals surface area contributed by atoms with E-state index < -0.39 is 48.3 Å². The van der Waals surface area contributed by atoms with Crippen LogP contribution in [-0.2, 0) is 19.5 Å². The van der Waals surface area contributed by atoms with Crippen molar-refractivity contribution in [1.29, 1.82) is 5.26 Å². The number of fused-ring (bicyclic) bond motifs is 1. The van der Waals surface area contributed by atoms with E-state index in [2.05, 4.69) is 6.07 Å². The van der Waals surface area contributed by atoms with Gasteiger partial charge >= 0.3 is 13.2 Å². The summed E-state index contributed by atoms with van der Waals surface area (Å²) in [4.78, 5) is 14.2. The first-order chi connectivity index (χ1) is 14.5. The number of amides is 1. The van der Waals surface area contributed by atoms with Crippen molar-refractivity contribution in [3.05, 3.63) is 23.3 Å². The van der Waals surface area contributed by atoms with Crippen LogP contribution >= 0.6 is 0 Å². The van der Waals surface area contributed by atoms with Gasteiger partial charge in [0.15, 0.2) is 0 Å². The molecule has 1 aromatic rings. The van der Waals surface area contributed by atoms with Crippen LogP contribution in [0, 0.1) is 11.3 Å². The van der Waals surface area contributed by atoms with Crippen molar-refractivity contribution >= 4 is 24.4 Å². The van der Waals surface area contributed by atoms with Gasteiger partial charge in [-0.25, -0.2) is 13.6 Å². The summed E-state index contributed by atoms with van der Waals surface area (Å²) in [7, 11) is -0.760. The molecule has 2 heterocycles. The second-order valence-electron chi connectivity index (χ2n) is 10.9. The Balaban J connectivity index is 2.13. The molecule has 0 N–H and O–H groups in total. The standard InChI is InChI=1S/C23H31BF2N2O4/c1-20(2,3)30-19(29)28-13-23(8,11-17(25)26)16-10-15(9-14(12-27)18(16)28)24-31-21(4,5)22(6,7)32-24/h9-10,17H,11,13H2,1-8H3.